The van der Waals surface area contributed by atoms with Crippen LogP contribution in [0.1, 0.15) is 5.69 Å². The summed E-state index contributed by atoms with van der Waals surface area (Å²) in [5, 5.41) is 12.9. The molecule has 0 saturated carbocycles. The van der Waals surface area contributed by atoms with Gasteiger partial charge in [0.1, 0.15) is 10.8 Å². The first-order valence-electron chi connectivity index (χ1n) is 4.08. The third-order valence-corrected chi connectivity index (χ3v) is 3.04. The van der Waals surface area contributed by atoms with Crippen LogP contribution in [-0.2, 0) is 0 Å². The zero-order valence-electron chi connectivity index (χ0n) is 7.49. The van der Waals surface area contributed by atoms with Crippen LogP contribution in [0.5, 0.6) is 5.75 Å². The second kappa shape index (κ2) is 3.59. The monoisotopic (exact) mass is 225 g/mol. The van der Waals surface area contributed by atoms with Crippen LogP contribution in [0.2, 0.25) is 5.02 Å². The van der Waals surface area contributed by atoms with E-state index < -0.39 is 0 Å². The Bertz CT molecular complexity index is 467. The highest BCUT2D eigenvalue weighted by atomic mass is 35.5. The van der Waals surface area contributed by atoms with Crippen molar-refractivity contribution in [2.75, 3.05) is 0 Å². The third kappa shape index (κ3) is 1.74. The molecule has 0 aliphatic rings. The molecule has 0 fully saturated rings. The van der Waals surface area contributed by atoms with E-state index in [1.807, 2.05) is 12.3 Å². The normalized spacial score (nSPS) is 10.4. The van der Waals surface area contributed by atoms with E-state index in [4.69, 9.17) is 11.6 Å². The molecule has 72 valence electrons. The Morgan fingerprint density at radius 2 is 2.21 bits per heavy atom. The Balaban J connectivity index is 2.55. The van der Waals surface area contributed by atoms with Crippen molar-refractivity contribution in [3.8, 4) is 16.3 Å². The van der Waals surface area contributed by atoms with Crippen LogP contribution in [-0.4, -0.2) is 10.1 Å². The summed E-state index contributed by atoms with van der Waals surface area (Å²) in [7, 11) is 0. The van der Waals surface area contributed by atoms with E-state index in [0.29, 0.717) is 10.6 Å². The minimum atomic E-state index is 0.212. The summed E-state index contributed by atoms with van der Waals surface area (Å²) in [5.74, 6) is 0.212. The molecule has 0 atom stereocenters. The Labute approximate surface area is 90.8 Å². The van der Waals surface area contributed by atoms with Crippen LogP contribution >= 0.6 is 22.9 Å². The van der Waals surface area contributed by atoms with Crippen molar-refractivity contribution in [2.45, 2.75) is 6.92 Å². The first-order chi connectivity index (χ1) is 6.66. The van der Waals surface area contributed by atoms with Crippen LogP contribution in [0.15, 0.2) is 23.6 Å². The first kappa shape index (κ1) is 9.49. The van der Waals surface area contributed by atoms with Crippen LogP contribution in [0.3, 0.4) is 0 Å². The molecule has 1 N–H and O–H groups in total. The maximum Gasteiger partial charge on any atom is 0.127 e. The molecular formula is C10H8ClNOS. The zero-order chi connectivity index (χ0) is 10.1. The number of rotatable bonds is 1. The lowest BCUT2D eigenvalue weighted by Gasteiger charge is -2.00. The molecular weight excluding hydrogens is 218 g/mol. The summed E-state index contributed by atoms with van der Waals surface area (Å²) in [5.41, 5.74) is 1.64. The van der Waals surface area contributed by atoms with E-state index >= 15 is 0 Å². The molecule has 0 spiro atoms. The zero-order valence-corrected chi connectivity index (χ0v) is 9.06. The summed E-state index contributed by atoms with van der Waals surface area (Å²) in [6.07, 6.45) is 0. The van der Waals surface area contributed by atoms with Crippen LogP contribution in [0.25, 0.3) is 10.6 Å². The van der Waals surface area contributed by atoms with Gasteiger partial charge in [0.15, 0.2) is 0 Å². The lowest BCUT2D eigenvalue weighted by Crippen LogP contribution is -1.78. The van der Waals surface area contributed by atoms with Crippen molar-refractivity contribution in [3.05, 3.63) is 34.3 Å². The summed E-state index contributed by atoms with van der Waals surface area (Å²) in [6.45, 7) is 1.92. The molecule has 0 unspecified atom stereocenters. The fourth-order valence-corrected chi connectivity index (χ4v) is 2.15. The van der Waals surface area contributed by atoms with Gasteiger partial charge in [-0.25, -0.2) is 4.98 Å². The van der Waals surface area contributed by atoms with Gasteiger partial charge in [-0.05, 0) is 25.1 Å². The molecule has 0 radical (unpaired) electrons. The van der Waals surface area contributed by atoms with Gasteiger partial charge in [-0.2, -0.15) is 0 Å². The standard InChI is InChI=1S/C10H8ClNOS/c1-6-5-14-10(12-6)8-4-7(11)2-3-9(8)13/h2-5,13H,1H3. The smallest absolute Gasteiger partial charge is 0.127 e. The summed E-state index contributed by atoms with van der Waals surface area (Å²) in [4.78, 5) is 4.28. The van der Waals surface area contributed by atoms with E-state index in [1.54, 1.807) is 18.2 Å². The molecule has 0 aliphatic carbocycles. The highest BCUT2D eigenvalue weighted by Crippen LogP contribution is 2.33. The second-order valence-electron chi connectivity index (χ2n) is 2.96. The average molecular weight is 226 g/mol. The highest BCUT2D eigenvalue weighted by molar-refractivity contribution is 7.13. The van der Waals surface area contributed by atoms with E-state index in [2.05, 4.69) is 4.98 Å². The van der Waals surface area contributed by atoms with E-state index in [1.165, 1.54) is 11.3 Å². The van der Waals surface area contributed by atoms with Crippen molar-refractivity contribution in [1.29, 1.82) is 0 Å². The third-order valence-electron chi connectivity index (χ3n) is 1.81. The summed E-state index contributed by atoms with van der Waals surface area (Å²) < 4.78 is 0. The predicted octanol–water partition coefficient (Wildman–Crippen LogP) is 3.48. The van der Waals surface area contributed by atoms with Crippen molar-refractivity contribution < 1.29 is 5.11 Å². The quantitative estimate of drug-likeness (QED) is 0.806. The molecule has 0 bridgehead atoms. The summed E-state index contributed by atoms with van der Waals surface area (Å²) >= 11 is 7.34. The number of nitrogens with zero attached hydrogens (tertiary/aromatic N) is 1. The van der Waals surface area contributed by atoms with Gasteiger partial charge in [0.2, 0.25) is 0 Å². The van der Waals surface area contributed by atoms with Gasteiger partial charge < -0.3 is 5.11 Å². The number of halogens is 1. The second-order valence-corrected chi connectivity index (χ2v) is 4.25. The number of aromatic hydroxyl groups is 1. The maximum absolute atomic E-state index is 9.61. The van der Waals surface area contributed by atoms with Gasteiger partial charge in [-0.1, -0.05) is 11.6 Å². The molecule has 0 amide bonds. The lowest BCUT2D eigenvalue weighted by molar-refractivity contribution is 0.477. The number of thiazole rings is 1. The molecule has 1 aromatic heterocycles. The minimum Gasteiger partial charge on any atom is -0.507 e. The fourth-order valence-electron chi connectivity index (χ4n) is 1.16. The molecule has 14 heavy (non-hydrogen) atoms. The summed E-state index contributed by atoms with van der Waals surface area (Å²) in [6, 6.07) is 4.95. The lowest BCUT2D eigenvalue weighted by atomic mass is 10.2. The Kier molecular flexibility index (Phi) is 2.44. The molecule has 2 nitrogen and oxygen atoms in total. The molecule has 2 rings (SSSR count). The number of hydrogen-bond acceptors (Lipinski definition) is 3. The number of phenolic OH excluding ortho intramolecular Hbond substituents is 1. The van der Waals surface area contributed by atoms with Gasteiger partial charge in [0.05, 0.1) is 5.56 Å². The SMILES string of the molecule is Cc1csc(-c2cc(Cl)ccc2O)n1. The number of aromatic nitrogens is 1. The Morgan fingerprint density at radius 1 is 1.43 bits per heavy atom. The number of benzene rings is 1. The van der Waals surface area contributed by atoms with Crippen molar-refractivity contribution in [2.24, 2.45) is 0 Å². The van der Waals surface area contributed by atoms with Crippen LogP contribution in [0, 0.1) is 6.92 Å². The molecule has 0 saturated heterocycles. The number of aryl methyl sites for hydroxylation is 1. The average Bonchev–Trinajstić information content (AvgIpc) is 2.56. The van der Waals surface area contributed by atoms with E-state index in [9.17, 15) is 5.11 Å². The van der Waals surface area contributed by atoms with Gasteiger partial charge in [0, 0.05) is 16.1 Å². The fraction of sp³-hybridized carbons (Fsp3) is 0.100. The van der Waals surface area contributed by atoms with E-state index in [0.717, 1.165) is 10.7 Å². The molecule has 2 aromatic rings. The van der Waals surface area contributed by atoms with Crippen molar-refractivity contribution >= 4 is 22.9 Å². The minimum absolute atomic E-state index is 0.212. The van der Waals surface area contributed by atoms with E-state index in [-0.39, 0.29) is 5.75 Å². The highest BCUT2D eigenvalue weighted by Gasteiger charge is 2.08. The molecule has 0 aliphatic heterocycles. The molecule has 1 heterocycles. The number of phenols is 1. The molecule has 1 aromatic carbocycles. The van der Waals surface area contributed by atoms with Crippen LogP contribution in [0.4, 0.5) is 0 Å². The van der Waals surface area contributed by atoms with Gasteiger partial charge in [-0.15, -0.1) is 11.3 Å². The van der Waals surface area contributed by atoms with Crippen molar-refractivity contribution in [3.63, 3.8) is 0 Å². The first-order valence-corrected chi connectivity index (χ1v) is 5.33. The van der Waals surface area contributed by atoms with Crippen LogP contribution < -0.4 is 0 Å². The number of hydrogen-bond donors (Lipinski definition) is 1. The Hall–Kier alpha value is -1.06. The Morgan fingerprint density at radius 3 is 2.86 bits per heavy atom. The predicted molar refractivity (Wildman–Crippen MR) is 59.0 cm³/mol. The molecule has 4 heteroatoms. The largest absolute Gasteiger partial charge is 0.507 e. The van der Waals surface area contributed by atoms with Gasteiger partial charge in [0.25, 0.3) is 0 Å². The maximum atomic E-state index is 9.61. The van der Waals surface area contributed by atoms with Crippen molar-refractivity contribution in [1.82, 2.24) is 4.98 Å². The topological polar surface area (TPSA) is 33.1 Å². The van der Waals surface area contributed by atoms with Gasteiger partial charge in [-0.3, -0.25) is 0 Å². The van der Waals surface area contributed by atoms with Gasteiger partial charge >= 0.3 is 0 Å².